The van der Waals surface area contributed by atoms with E-state index in [1.807, 2.05) is 24.3 Å². The number of benzene rings is 2. The summed E-state index contributed by atoms with van der Waals surface area (Å²) in [5.74, 6) is -0.648. The molecule has 0 aromatic heterocycles. The van der Waals surface area contributed by atoms with Gasteiger partial charge in [-0.25, -0.2) is 8.78 Å². The summed E-state index contributed by atoms with van der Waals surface area (Å²) in [6.45, 7) is 6.21. The van der Waals surface area contributed by atoms with Gasteiger partial charge in [-0.15, -0.1) is 0 Å². The molecule has 21 heavy (non-hydrogen) atoms. The second-order valence-corrected chi connectivity index (χ2v) is 6.74. The van der Waals surface area contributed by atoms with Gasteiger partial charge in [0, 0.05) is 0 Å². The maximum atomic E-state index is 13.8. The first-order chi connectivity index (χ1) is 9.79. The van der Waals surface area contributed by atoms with Crippen molar-refractivity contribution >= 4 is 15.9 Å². The van der Waals surface area contributed by atoms with Crippen molar-refractivity contribution in [3.63, 3.8) is 0 Å². The summed E-state index contributed by atoms with van der Waals surface area (Å²) in [5, 5.41) is 0. The Bertz CT molecular complexity index is 630. The summed E-state index contributed by atoms with van der Waals surface area (Å²) in [6.07, 6.45) is 0. The molecule has 0 spiro atoms. The fraction of sp³-hybridized carbons (Fsp3) is 0.294. The van der Waals surface area contributed by atoms with E-state index >= 15 is 0 Å². The molecule has 0 N–H and O–H groups in total. The molecule has 2 aromatic carbocycles. The summed E-state index contributed by atoms with van der Waals surface area (Å²) in [5.41, 5.74) is 1.15. The average Bonchev–Trinajstić information content (AvgIpc) is 2.43. The van der Waals surface area contributed by atoms with Crippen molar-refractivity contribution in [2.45, 2.75) is 32.8 Å². The van der Waals surface area contributed by atoms with Gasteiger partial charge in [-0.1, -0.05) is 32.9 Å². The van der Waals surface area contributed by atoms with Crippen LogP contribution in [0.1, 0.15) is 31.9 Å². The Kier molecular flexibility index (Phi) is 4.67. The summed E-state index contributed by atoms with van der Waals surface area (Å²) < 4.78 is 33.1. The van der Waals surface area contributed by atoms with Gasteiger partial charge in [0.2, 0.25) is 0 Å². The molecule has 0 heterocycles. The highest BCUT2D eigenvalue weighted by Gasteiger charge is 2.15. The van der Waals surface area contributed by atoms with Gasteiger partial charge < -0.3 is 4.74 Å². The molecule has 2 rings (SSSR count). The molecule has 0 saturated carbocycles. The number of hydrogen-bond donors (Lipinski definition) is 0. The van der Waals surface area contributed by atoms with Crippen molar-refractivity contribution in [3.05, 3.63) is 63.6 Å². The molecule has 4 heteroatoms. The summed E-state index contributed by atoms with van der Waals surface area (Å²) in [6, 6.07) is 10.1. The van der Waals surface area contributed by atoms with E-state index in [1.165, 1.54) is 17.7 Å². The summed E-state index contributed by atoms with van der Waals surface area (Å²) in [7, 11) is 0. The Morgan fingerprint density at radius 2 is 1.62 bits per heavy atom. The van der Waals surface area contributed by atoms with Crippen LogP contribution in [0.2, 0.25) is 0 Å². The van der Waals surface area contributed by atoms with Crippen LogP contribution in [0.15, 0.2) is 40.9 Å². The molecule has 112 valence electrons. The zero-order valence-electron chi connectivity index (χ0n) is 12.2. The third-order valence-corrected chi connectivity index (χ3v) is 3.85. The van der Waals surface area contributed by atoms with Gasteiger partial charge in [0.15, 0.2) is 0 Å². The lowest BCUT2D eigenvalue weighted by atomic mass is 9.87. The zero-order valence-corrected chi connectivity index (χ0v) is 13.8. The van der Waals surface area contributed by atoms with E-state index < -0.39 is 11.6 Å². The molecule has 0 aliphatic heterocycles. The second-order valence-electron chi connectivity index (χ2n) is 5.88. The van der Waals surface area contributed by atoms with Gasteiger partial charge in [-0.2, -0.15) is 0 Å². The topological polar surface area (TPSA) is 9.23 Å². The number of halogens is 3. The van der Waals surface area contributed by atoms with Crippen LogP contribution < -0.4 is 4.74 Å². The van der Waals surface area contributed by atoms with E-state index in [9.17, 15) is 8.78 Å². The van der Waals surface area contributed by atoms with E-state index in [-0.39, 0.29) is 22.1 Å². The Morgan fingerprint density at radius 3 is 2.19 bits per heavy atom. The minimum atomic E-state index is -0.624. The monoisotopic (exact) mass is 354 g/mol. The molecule has 0 amide bonds. The van der Waals surface area contributed by atoms with E-state index in [0.717, 1.165) is 0 Å². The molecule has 1 nitrogen and oxygen atoms in total. The smallest absolute Gasteiger partial charge is 0.146 e. The Hall–Kier alpha value is -1.42. The van der Waals surface area contributed by atoms with Crippen molar-refractivity contribution < 1.29 is 13.5 Å². The van der Waals surface area contributed by atoms with Crippen LogP contribution in [-0.2, 0) is 12.0 Å². The highest BCUT2D eigenvalue weighted by atomic mass is 79.9. The third-order valence-electron chi connectivity index (χ3n) is 3.24. The largest absolute Gasteiger partial charge is 0.489 e. The molecule has 0 aliphatic carbocycles. The molecule has 0 radical (unpaired) electrons. The molecule has 0 bridgehead atoms. The molecular weight excluding hydrogens is 338 g/mol. The van der Waals surface area contributed by atoms with E-state index in [0.29, 0.717) is 5.75 Å². The Labute approximate surface area is 132 Å². The van der Waals surface area contributed by atoms with Crippen LogP contribution in [0.3, 0.4) is 0 Å². The van der Waals surface area contributed by atoms with Crippen molar-refractivity contribution in [3.8, 4) is 5.75 Å². The van der Waals surface area contributed by atoms with Crippen LogP contribution in [0.5, 0.6) is 5.75 Å². The lowest BCUT2D eigenvalue weighted by Crippen LogP contribution is -2.10. The summed E-state index contributed by atoms with van der Waals surface area (Å²) >= 11 is 3.04. The van der Waals surface area contributed by atoms with Crippen LogP contribution in [0.25, 0.3) is 0 Å². The van der Waals surface area contributed by atoms with Crippen molar-refractivity contribution in [1.82, 2.24) is 0 Å². The third kappa shape index (κ3) is 3.82. The molecule has 0 fully saturated rings. The standard InChI is InChI=1S/C17H17BrF2O/c1-17(2,3)11-4-6-12(7-5-11)21-10-13-15(19)9-8-14(18)16(13)20/h4-9H,10H2,1-3H3. The van der Waals surface area contributed by atoms with Gasteiger partial charge in [0.05, 0.1) is 10.0 Å². The maximum Gasteiger partial charge on any atom is 0.146 e. The molecule has 0 atom stereocenters. The van der Waals surface area contributed by atoms with Crippen molar-refractivity contribution in [2.75, 3.05) is 0 Å². The Balaban J connectivity index is 2.12. The fourth-order valence-corrected chi connectivity index (χ4v) is 2.28. The lowest BCUT2D eigenvalue weighted by molar-refractivity contribution is 0.292. The van der Waals surface area contributed by atoms with E-state index in [1.54, 1.807) is 0 Å². The number of rotatable bonds is 3. The van der Waals surface area contributed by atoms with Crippen molar-refractivity contribution in [1.29, 1.82) is 0 Å². The first kappa shape index (κ1) is 16.0. The molecule has 2 aromatic rings. The Morgan fingerprint density at radius 1 is 1.00 bits per heavy atom. The van der Waals surface area contributed by atoms with Gasteiger partial charge in [-0.05, 0) is 51.2 Å². The normalized spacial score (nSPS) is 11.5. The van der Waals surface area contributed by atoms with Gasteiger partial charge in [0.25, 0.3) is 0 Å². The predicted molar refractivity (Wildman–Crippen MR) is 83.5 cm³/mol. The lowest BCUT2D eigenvalue weighted by Gasteiger charge is -2.19. The first-order valence-corrected chi connectivity index (χ1v) is 7.44. The second kappa shape index (κ2) is 6.14. The van der Waals surface area contributed by atoms with Gasteiger partial charge in [0.1, 0.15) is 24.0 Å². The molecule has 0 saturated heterocycles. The predicted octanol–water partition coefficient (Wildman–Crippen LogP) is 5.60. The van der Waals surface area contributed by atoms with E-state index in [4.69, 9.17) is 4.74 Å². The van der Waals surface area contributed by atoms with Crippen LogP contribution in [0, 0.1) is 11.6 Å². The molecular formula is C17H17BrF2O. The van der Waals surface area contributed by atoms with Gasteiger partial charge >= 0.3 is 0 Å². The SMILES string of the molecule is CC(C)(C)c1ccc(OCc2c(F)ccc(Br)c2F)cc1. The highest BCUT2D eigenvalue weighted by molar-refractivity contribution is 9.10. The average molecular weight is 355 g/mol. The quantitative estimate of drug-likeness (QED) is 0.651. The minimum absolute atomic E-state index is 0.0566. The van der Waals surface area contributed by atoms with Crippen LogP contribution >= 0.6 is 15.9 Å². The van der Waals surface area contributed by atoms with Crippen LogP contribution in [0.4, 0.5) is 8.78 Å². The maximum absolute atomic E-state index is 13.8. The first-order valence-electron chi connectivity index (χ1n) is 6.65. The molecule has 0 unspecified atom stereocenters. The molecule has 0 aliphatic rings. The fourth-order valence-electron chi connectivity index (χ4n) is 1.91. The van der Waals surface area contributed by atoms with Crippen LogP contribution in [-0.4, -0.2) is 0 Å². The number of ether oxygens (including phenoxy) is 1. The minimum Gasteiger partial charge on any atom is -0.489 e. The van der Waals surface area contributed by atoms with E-state index in [2.05, 4.69) is 36.7 Å². The van der Waals surface area contributed by atoms with Crippen molar-refractivity contribution in [2.24, 2.45) is 0 Å². The zero-order chi connectivity index (χ0) is 15.6. The highest BCUT2D eigenvalue weighted by Crippen LogP contribution is 2.26. The summed E-state index contributed by atoms with van der Waals surface area (Å²) in [4.78, 5) is 0. The number of hydrogen-bond acceptors (Lipinski definition) is 1. The van der Waals surface area contributed by atoms with Gasteiger partial charge in [-0.3, -0.25) is 0 Å².